The summed E-state index contributed by atoms with van der Waals surface area (Å²) < 4.78 is -1.20. The van der Waals surface area contributed by atoms with Gasteiger partial charge in [-0.15, -0.1) is 0 Å². The normalized spacial score (nSPS) is 21.0. The number of rotatable bonds is 3. The van der Waals surface area contributed by atoms with Crippen LogP contribution >= 0.6 is 11.8 Å². The van der Waals surface area contributed by atoms with Crippen LogP contribution in [0.25, 0.3) is 0 Å². The maximum Gasteiger partial charge on any atom is 0.250 e. The molecule has 2 atom stereocenters. The van der Waals surface area contributed by atoms with Crippen LogP contribution in [-0.2, 0) is 9.59 Å². The summed E-state index contributed by atoms with van der Waals surface area (Å²) in [7, 11) is 0. The predicted octanol–water partition coefficient (Wildman–Crippen LogP) is 2.76. The molecule has 0 radical (unpaired) electrons. The minimum Gasteiger partial charge on any atom is -0.348 e. The molecule has 1 aromatic carbocycles. The molecule has 1 aromatic heterocycles. The Morgan fingerprint density at radius 2 is 1.96 bits per heavy atom. The largest absolute Gasteiger partial charge is 0.348 e. The summed E-state index contributed by atoms with van der Waals surface area (Å²) in [6, 6.07) is 11.0. The lowest BCUT2D eigenvalue weighted by Gasteiger charge is -2.32. The van der Waals surface area contributed by atoms with E-state index >= 15 is 0 Å². The molecule has 0 spiro atoms. The van der Waals surface area contributed by atoms with Crippen molar-refractivity contribution in [2.45, 2.75) is 29.5 Å². The van der Waals surface area contributed by atoms with E-state index in [4.69, 9.17) is 0 Å². The number of fused-ring (bicyclic) bond motifs is 1. The lowest BCUT2D eigenvalue weighted by atomic mass is 10.1. The topological polar surface area (TPSA) is 71.1 Å². The van der Waals surface area contributed by atoms with Gasteiger partial charge in [-0.05, 0) is 43.7 Å². The van der Waals surface area contributed by atoms with E-state index in [2.05, 4.69) is 15.6 Å². The van der Waals surface area contributed by atoms with Crippen LogP contribution in [-0.4, -0.2) is 21.5 Å². The van der Waals surface area contributed by atoms with Gasteiger partial charge in [0.15, 0.2) is 4.75 Å². The monoisotopic (exact) mass is 327 g/mol. The van der Waals surface area contributed by atoms with Crippen molar-refractivity contribution >= 4 is 29.3 Å². The van der Waals surface area contributed by atoms with Gasteiger partial charge in [0.1, 0.15) is 0 Å². The number of anilines is 1. The van der Waals surface area contributed by atoms with Crippen LogP contribution in [0.5, 0.6) is 0 Å². The second-order valence-electron chi connectivity index (χ2n) is 5.56. The van der Waals surface area contributed by atoms with Crippen molar-refractivity contribution < 1.29 is 9.59 Å². The molecule has 3 rings (SSSR count). The first-order valence-electron chi connectivity index (χ1n) is 7.31. The SMILES string of the molecule is C[C@@H](NC(=O)[C@]1(C)Sc2ccccc2NC1=O)c1ccncc1. The van der Waals surface area contributed by atoms with E-state index in [0.29, 0.717) is 0 Å². The van der Waals surface area contributed by atoms with Gasteiger partial charge >= 0.3 is 0 Å². The van der Waals surface area contributed by atoms with Gasteiger partial charge in [0.2, 0.25) is 11.8 Å². The molecule has 1 aliphatic rings. The standard InChI is InChI=1S/C17H17N3O2S/c1-11(12-7-9-18-10-8-12)19-15(21)17(2)16(22)20-13-5-3-4-6-14(13)23-17/h3-11H,1-2H3,(H,19,21)(H,20,22)/t11-,17+/m1/s1. The number of amides is 2. The van der Waals surface area contributed by atoms with E-state index in [9.17, 15) is 9.59 Å². The van der Waals surface area contributed by atoms with Crippen LogP contribution in [0.1, 0.15) is 25.5 Å². The molecule has 5 nitrogen and oxygen atoms in total. The molecule has 0 aliphatic carbocycles. The number of benzene rings is 1. The molecule has 6 heteroatoms. The van der Waals surface area contributed by atoms with Gasteiger partial charge in [0.05, 0.1) is 11.7 Å². The van der Waals surface area contributed by atoms with Gasteiger partial charge in [0.25, 0.3) is 0 Å². The van der Waals surface area contributed by atoms with Crippen molar-refractivity contribution in [3.8, 4) is 0 Å². The Hall–Kier alpha value is -2.34. The summed E-state index contributed by atoms with van der Waals surface area (Å²) in [6.45, 7) is 3.54. The van der Waals surface area contributed by atoms with E-state index in [-0.39, 0.29) is 17.9 Å². The van der Waals surface area contributed by atoms with E-state index in [1.54, 1.807) is 19.3 Å². The van der Waals surface area contributed by atoms with Crippen molar-refractivity contribution in [2.75, 3.05) is 5.32 Å². The van der Waals surface area contributed by atoms with Crippen molar-refractivity contribution in [3.05, 3.63) is 54.4 Å². The molecule has 2 heterocycles. The van der Waals surface area contributed by atoms with Gasteiger partial charge in [0, 0.05) is 17.3 Å². The molecule has 0 saturated heterocycles. The summed E-state index contributed by atoms with van der Waals surface area (Å²) in [5, 5.41) is 5.73. The highest BCUT2D eigenvalue weighted by Crippen LogP contribution is 2.42. The van der Waals surface area contributed by atoms with Gasteiger partial charge in [-0.25, -0.2) is 0 Å². The van der Waals surface area contributed by atoms with E-state index < -0.39 is 4.75 Å². The predicted molar refractivity (Wildman–Crippen MR) is 90.1 cm³/mol. The molecule has 118 valence electrons. The minimum absolute atomic E-state index is 0.201. The maximum absolute atomic E-state index is 12.7. The fourth-order valence-electron chi connectivity index (χ4n) is 2.39. The van der Waals surface area contributed by atoms with E-state index in [0.717, 1.165) is 16.1 Å². The summed E-state index contributed by atoms with van der Waals surface area (Å²) in [4.78, 5) is 30.0. The number of nitrogens with one attached hydrogen (secondary N) is 2. The van der Waals surface area contributed by atoms with Crippen molar-refractivity contribution in [1.29, 1.82) is 0 Å². The van der Waals surface area contributed by atoms with Crippen LogP contribution in [0.3, 0.4) is 0 Å². The Labute approximate surface area is 138 Å². The first kappa shape index (κ1) is 15.6. The minimum atomic E-state index is -1.20. The zero-order valence-electron chi connectivity index (χ0n) is 12.9. The van der Waals surface area contributed by atoms with Crippen LogP contribution < -0.4 is 10.6 Å². The number of para-hydroxylation sites is 1. The number of hydrogen-bond acceptors (Lipinski definition) is 4. The highest BCUT2D eigenvalue weighted by molar-refractivity contribution is 8.02. The molecule has 0 fully saturated rings. The first-order valence-corrected chi connectivity index (χ1v) is 8.13. The second-order valence-corrected chi connectivity index (χ2v) is 7.02. The molecule has 2 amide bonds. The average Bonchev–Trinajstić information content (AvgIpc) is 2.56. The fourth-order valence-corrected chi connectivity index (χ4v) is 3.50. The zero-order valence-corrected chi connectivity index (χ0v) is 13.7. The summed E-state index contributed by atoms with van der Waals surface area (Å²) in [5.41, 5.74) is 1.69. The van der Waals surface area contributed by atoms with Crippen LogP contribution in [0.2, 0.25) is 0 Å². The lowest BCUT2D eigenvalue weighted by molar-refractivity contribution is -0.130. The smallest absolute Gasteiger partial charge is 0.250 e. The van der Waals surface area contributed by atoms with Gasteiger partial charge in [-0.1, -0.05) is 23.9 Å². The highest BCUT2D eigenvalue weighted by Gasteiger charge is 2.46. The van der Waals surface area contributed by atoms with Crippen LogP contribution in [0.15, 0.2) is 53.7 Å². The van der Waals surface area contributed by atoms with Crippen molar-refractivity contribution in [2.24, 2.45) is 0 Å². The Balaban J connectivity index is 1.80. The summed E-state index contributed by atoms with van der Waals surface area (Å²) >= 11 is 1.28. The van der Waals surface area contributed by atoms with Gasteiger partial charge < -0.3 is 10.6 Å². The number of hydrogen-bond donors (Lipinski definition) is 2. The number of thioether (sulfide) groups is 1. The number of pyridine rings is 1. The Morgan fingerprint density at radius 3 is 2.70 bits per heavy atom. The van der Waals surface area contributed by atoms with Gasteiger partial charge in [-0.3, -0.25) is 14.6 Å². The van der Waals surface area contributed by atoms with E-state index in [1.807, 2.05) is 43.3 Å². The maximum atomic E-state index is 12.7. The fraction of sp³-hybridized carbons (Fsp3) is 0.235. The number of nitrogens with zero attached hydrogens (tertiary/aromatic N) is 1. The third kappa shape index (κ3) is 2.94. The van der Waals surface area contributed by atoms with Gasteiger partial charge in [-0.2, -0.15) is 0 Å². The second kappa shape index (κ2) is 6.04. The van der Waals surface area contributed by atoms with Crippen LogP contribution in [0.4, 0.5) is 5.69 Å². The highest BCUT2D eigenvalue weighted by atomic mass is 32.2. The third-order valence-corrected chi connectivity index (χ3v) is 5.22. The molecular formula is C17H17N3O2S. The molecule has 0 saturated carbocycles. The number of carbonyl (C=O) groups excluding carboxylic acids is 2. The molecule has 23 heavy (non-hydrogen) atoms. The Bertz CT molecular complexity index is 751. The molecule has 0 bridgehead atoms. The summed E-state index contributed by atoms with van der Waals surface area (Å²) in [6.07, 6.45) is 3.36. The average molecular weight is 327 g/mol. The Morgan fingerprint density at radius 1 is 1.26 bits per heavy atom. The lowest BCUT2D eigenvalue weighted by Crippen LogP contribution is -2.52. The number of carbonyl (C=O) groups is 2. The molecule has 2 aromatic rings. The molecule has 2 N–H and O–H groups in total. The molecule has 1 aliphatic heterocycles. The van der Waals surface area contributed by atoms with Crippen LogP contribution in [0, 0.1) is 0 Å². The molecular weight excluding hydrogens is 310 g/mol. The van der Waals surface area contributed by atoms with Crippen molar-refractivity contribution in [1.82, 2.24) is 10.3 Å². The number of aromatic nitrogens is 1. The third-order valence-electron chi connectivity index (χ3n) is 3.87. The summed E-state index contributed by atoms with van der Waals surface area (Å²) in [5.74, 6) is -0.612. The first-order chi connectivity index (χ1) is 11.0. The molecule has 0 unspecified atom stereocenters. The Kier molecular flexibility index (Phi) is 4.09. The zero-order chi connectivity index (χ0) is 16.4. The van der Waals surface area contributed by atoms with Crippen molar-refractivity contribution in [3.63, 3.8) is 0 Å². The van der Waals surface area contributed by atoms with E-state index in [1.165, 1.54) is 11.8 Å². The quantitative estimate of drug-likeness (QED) is 0.851.